The smallest absolute Gasteiger partial charge is 0.143 e. The highest BCUT2D eigenvalue weighted by Crippen LogP contribution is 2.46. The fraction of sp³-hybridized carbons (Fsp3) is 0. The van der Waals surface area contributed by atoms with Crippen molar-refractivity contribution in [1.82, 2.24) is 0 Å². The summed E-state index contributed by atoms with van der Waals surface area (Å²) in [6, 6.07) is 57.9. The molecule has 1 heterocycles. The molecule has 0 fully saturated rings. The second-order valence-electron chi connectivity index (χ2n) is 10.5. The van der Waals surface area contributed by atoms with Gasteiger partial charge in [-0.25, -0.2) is 0 Å². The Hall–Kier alpha value is -5.60. The Balaban J connectivity index is 1.40. The lowest BCUT2D eigenvalue weighted by Crippen LogP contribution is -2.11. The number of hydrogen-bond acceptors (Lipinski definition) is 2. The van der Waals surface area contributed by atoms with Crippen LogP contribution >= 0.6 is 0 Å². The minimum absolute atomic E-state index is 0.877. The molecule has 7 aromatic carbocycles. The molecule has 0 saturated carbocycles. The Morgan fingerprint density at radius 1 is 0.405 bits per heavy atom. The molecule has 8 aromatic rings. The lowest BCUT2D eigenvalue weighted by Gasteiger charge is -2.28. The van der Waals surface area contributed by atoms with Gasteiger partial charge in [-0.15, -0.1) is 0 Å². The van der Waals surface area contributed by atoms with Crippen LogP contribution in [0.2, 0.25) is 0 Å². The van der Waals surface area contributed by atoms with E-state index in [1.54, 1.807) is 0 Å². The van der Waals surface area contributed by atoms with Gasteiger partial charge >= 0.3 is 0 Å². The molecule has 0 aliphatic carbocycles. The number of para-hydroxylation sites is 1. The normalized spacial score (nSPS) is 11.3. The summed E-state index contributed by atoms with van der Waals surface area (Å²) in [5, 5.41) is 4.52. The molecule has 2 nitrogen and oxygen atoms in total. The summed E-state index contributed by atoms with van der Waals surface area (Å²) in [5.74, 6) is 0. The van der Waals surface area contributed by atoms with Gasteiger partial charge in [0.15, 0.2) is 0 Å². The lowest BCUT2D eigenvalue weighted by atomic mass is 10.00. The first-order valence-corrected chi connectivity index (χ1v) is 14.3. The van der Waals surface area contributed by atoms with Crippen LogP contribution < -0.4 is 4.90 Å². The van der Waals surface area contributed by atoms with Crippen LogP contribution in [-0.2, 0) is 0 Å². The zero-order valence-electron chi connectivity index (χ0n) is 22.9. The summed E-state index contributed by atoms with van der Waals surface area (Å²) in [4.78, 5) is 2.38. The zero-order valence-corrected chi connectivity index (χ0v) is 22.9. The highest BCUT2D eigenvalue weighted by Gasteiger charge is 2.22. The van der Waals surface area contributed by atoms with E-state index in [0.717, 1.165) is 44.4 Å². The van der Waals surface area contributed by atoms with Crippen molar-refractivity contribution in [2.24, 2.45) is 0 Å². The van der Waals surface area contributed by atoms with Gasteiger partial charge < -0.3 is 9.32 Å². The topological polar surface area (TPSA) is 16.4 Å². The van der Waals surface area contributed by atoms with Crippen LogP contribution in [0.4, 0.5) is 17.1 Å². The van der Waals surface area contributed by atoms with Crippen molar-refractivity contribution in [1.29, 1.82) is 0 Å². The molecule has 198 valence electrons. The van der Waals surface area contributed by atoms with Crippen LogP contribution in [0.1, 0.15) is 0 Å². The third kappa shape index (κ3) is 4.05. The van der Waals surface area contributed by atoms with Crippen molar-refractivity contribution in [3.8, 4) is 22.3 Å². The maximum Gasteiger partial charge on any atom is 0.143 e. The fourth-order valence-electron chi connectivity index (χ4n) is 6.09. The first kappa shape index (κ1) is 24.2. The van der Waals surface area contributed by atoms with Crippen LogP contribution in [0.25, 0.3) is 55.0 Å². The van der Waals surface area contributed by atoms with Gasteiger partial charge in [0.25, 0.3) is 0 Å². The van der Waals surface area contributed by atoms with Gasteiger partial charge in [-0.1, -0.05) is 127 Å². The van der Waals surface area contributed by atoms with E-state index in [4.69, 9.17) is 4.42 Å². The van der Waals surface area contributed by atoms with Crippen molar-refractivity contribution in [2.45, 2.75) is 0 Å². The molecule has 0 atom stereocenters. The summed E-state index contributed by atoms with van der Waals surface area (Å²) < 4.78 is 6.59. The molecule has 0 aliphatic rings. The maximum atomic E-state index is 6.59. The largest absolute Gasteiger partial charge is 0.455 e. The third-order valence-corrected chi connectivity index (χ3v) is 8.07. The molecule has 0 radical (unpaired) electrons. The van der Waals surface area contributed by atoms with Crippen molar-refractivity contribution >= 4 is 49.8 Å². The number of anilines is 3. The SMILES string of the molecule is c1ccc(-c2ccc(N(c3ccccc3-c3ccccc3)c3cccc4oc5c6ccccc6ccc5c34)cc2)cc1. The number of hydrogen-bond donors (Lipinski definition) is 0. The summed E-state index contributed by atoms with van der Waals surface area (Å²) >= 11 is 0. The molecule has 0 spiro atoms. The minimum Gasteiger partial charge on any atom is -0.455 e. The Bertz CT molecular complexity index is 2180. The lowest BCUT2D eigenvalue weighted by molar-refractivity contribution is 0.672. The van der Waals surface area contributed by atoms with Crippen LogP contribution in [-0.4, -0.2) is 0 Å². The first-order chi connectivity index (χ1) is 20.8. The van der Waals surface area contributed by atoms with E-state index in [9.17, 15) is 0 Å². The molecule has 2 heteroatoms. The van der Waals surface area contributed by atoms with Crippen molar-refractivity contribution in [3.05, 3.63) is 164 Å². The van der Waals surface area contributed by atoms with Gasteiger partial charge in [-0.05, 0) is 58.5 Å². The molecular weight excluding hydrogens is 510 g/mol. The third-order valence-electron chi connectivity index (χ3n) is 8.07. The standard InChI is InChI=1S/C40H27NO/c1-3-12-28(13-4-1)29-22-25-32(26-23-29)41(36-19-10-9-17-33(36)30-14-5-2-6-15-30)37-20-11-21-38-39(37)35-27-24-31-16-7-8-18-34(31)40(35)42-38/h1-27H. The minimum atomic E-state index is 0.877. The van der Waals surface area contributed by atoms with Crippen LogP contribution in [0.5, 0.6) is 0 Å². The molecular formula is C40H27NO. The predicted octanol–water partition coefficient (Wildman–Crippen LogP) is 11.5. The van der Waals surface area contributed by atoms with E-state index in [0.29, 0.717) is 0 Å². The van der Waals surface area contributed by atoms with Gasteiger partial charge in [-0.2, -0.15) is 0 Å². The second-order valence-corrected chi connectivity index (χ2v) is 10.5. The van der Waals surface area contributed by atoms with E-state index in [1.807, 2.05) is 0 Å². The van der Waals surface area contributed by atoms with Gasteiger partial charge in [0.05, 0.1) is 16.8 Å². The molecule has 0 unspecified atom stereocenters. The fourth-order valence-corrected chi connectivity index (χ4v) is 6.09. The highest BCUT2D eigenvalue weighted by atomic mass is 16.3. The van der Waals surface area contributed by atoms with E-state index < -0.39 is 0 Å². The molecule has 1 aromatic heterocycles. The van der Waals surface area contributed by atoms with E-state index in [-0.39, 0.29) is 0 Å². The highest BCUT2D eigenvalue weighted by molar-refractivity contribution is 6.19. The first-order valence-electron chi connectivity index (χ1n) is 14.3. The molecule has 42 heavy (non-hydrogen) atoms. The van der Waals surface area contributed by atoms with E-state index >= 15 is 0 Å². The quantitative estimate of drug-likeness (QED) is 0.217. The number of benzene rings is 7. The number of nitrogens with zero attached hydrogens (tertiary/aromatic N) is 1. The summed E-state index contributed by atoms with van der Waals surface area (Å²) in [6.07, 6.45) is 0. The predicted molar refractivity (Wildman–Crippen MR) is 177 cm³/mol. The monoisotopic (exact) mass is 537 g/mol. The molecule has 0 N–H and O–H groups in total. The molecule has 8 rings (SSSR count). The number of rotatable bonds is 5. The average molecular weight is 538 g/mol. The van der Waals surface area contributed by atoms with Crippen molar-refractivity contribution < 1.29 is 4.42 Å². The molecule has 0 saturated heterocycles. The van der Waals surface area contributed by atoms with E-state index in [2.05, 4.69) is 169 Å². The molecule has 0 bridgehead atoms. The maximum absolute atomic E-state index is 6.59. The van der Waals surface area contributed by atoms with E-state index in [1.165, 1.54) is 27.6 Å². The molecule has 0 amide bonds. The average Bonchev–Trinajstić information content (AvgIpc) is 3.46. The van der Waals surface area contributed by atoms with Gasteiger partial charge in [-0.3, -0.25) is 0 Å². The van der Waals surface area contributed by atoms with Crippen molar-refractivity contribution in [3.63, 3.8) is 0 Å². The summed E-state index contributed by atoms with van der Waals surface area (Å²) in [5.41, 5.74) is 9.81. The summed E-state index contributed by atoms with van der Waals surface area (Å²) in [6.45, 7) is 0. The van der Waals surface area contributed by atoms with Gasteiger partial charge in [0, 0.05) is 22.0 Å². The van der Waals surface area contributed by atoms with Crippen LogP contribution in [0.3, 0.4) is 0 Å². The Kier molecular flexibility index (Phi) is 5.82. The Labute approximate surface area is 244 Å². The Morgan fingerprint density at radius 2 is 1.05 bits per heavy atom. The van der Waals surface area contributed by atoms with Gasteiger partial charge in [0.2, 0.25) is 0 Å². The Morgan fingerprint density at radius 3 is 1.86 bits per heavy atom. The van der Waals surface area contributed by atoms with Crippen molar-refractivity contribution in [2.75, 3.05) is 4.90 Å². The molecule has 0 aliphatic heterocycles. The number of fused-ring (bicyclic) bond motifs is 5. The van der Waals surface area contributed by atoms with Crippen LogP contribution in [0, 0.1) is 0 Å². The second kappa shape index (κ2) is 10.1. The van der Waals surface area contributed by atoms with Crippen LogP contribution in [0.15, 0.2) is 168 Å². The number of furan rings is 1. The van der Waals surface area contributed by atoms with Gasteiger partial charge in [0.1, 0.15) is 11.2 Å². The summed E-state index contributed by atoms with van der Waals surface area (Å²) in [7, 11) is 0. The zero-order chi connectivity index (χ0) is 27.9.